The molecule has 1 N–H and O–H groups in total. The van der Waals surface area contributed by atoms with E-state index in [1.807, 2.05) is 17.8 Å². The lowest BCUT2D eigenvalue weighted by Crippen LogP contribution is -2.39. The molecule has 2 rings (SSSR count). The zero-order valence-electron chi connectivity index (χ0n) is 11.4. The topological polar surface area (TPSA) is 23.5 Å². The molecule has 1 aliphatic heterocycles. The van der Waals surface area contributed by atoms with Gasteiger partial charge in [0, 0.05) is 42.6 Å². The number of benzene rings is 1. The minimum absolute atomic E-state index is 0.134. The van der Waals surface area contributed by atoms with Gasteiger partial charge >= 0.3 is 0 Å². The summed E-state index contributed by atoms with van der Waals surface area (Å²) in [6, 6.07) is 8.98. The number of nitrogens with zero attached hydrogens (tertiary/aromatic N) is 1. The highest BCUT2D eigenvalue weighted by atomic mass is 32.2. The summed E-state index contributed by atoms with van der Waals surface area (Å²) in [6.07, 6.45) is 0.547. The molecule has 2 nitrogen and oxygen atoms in total. The number of aliphatic hydroxyl groups is 1. The van der Waals surface area contributed by atoms with Gasteiger partial charge in [-0.1, -0.05) is 30.0 Å². The first kappa shape index (κ1) is 14.5. The van der Waals surface area contributed by atoms with Crippen molar-refractivity contribution in [3.05, 3.63) is 35.4 Å². The van der Waals surface area contributed by atoms with Crippen molar-refractivity contribution in [2.45, 2.75) is 25.9 Å². The van der Waals surface area contributed by atoms with E-state index in [-0.39, 0.29) is 6.61 Å². The average molecular weight is 275 g/mol. The highest BCUT2D eigenvalue weighted by Gasteiger charge is 2.19. The van der Waals surface area contributed by atoms with E-state index in [1.54, 1.807) is 0 Å². The predicted octanol–water partition coefficient (Wildman–Crippen LogP) is 2.36. The van der Waals surface area contributed by atoms with Crippen molar-refractivity contribution in [1.82, 2.24) is 4.90 Å². The molecule has 0 aromatic heterocycles. The molecule has 1 heterocycles. The maximum Gasteiger partial charge on any atom is 0.0540 e. The van der Waals surface area contributed by atoms with Crippen LogP contribution in [0.25, 0.3) is 0 Å². The summed E-state index contributed by atoms with van der Waals surface area (Å²) in [5.74, 6) is 8.64. The van der Waals surface area contributed by atoms with Gasteiger partial charge in [-0.15, -0.1) is 0 Å². The number of aliphatic hydroxyl groups excluding tert-OH is 1. The summed E-state index contributed by atoms with van der Waals surface area (Å²) in [7, 11) is 0. The monoisotopic (exact) mass is 275 g/mol. The Labute approximate surface area is 120 Å². The van der Waals surface area contributed by atoms with Crippen molar-refractivity contribution in [3.8, 4) is 11.8 Å². The van der Waals surface area contributed by atoms with E-state index >= 15 is 0 Å². The van der Waals surface area contributed by atoms with Crippen LogP contribution in [0, 0.1) is 11.8 Å². The minimum atomic E-state index is 0.134. The van der Waals surface area contributed by atoms with Crippen LogP contribution in [-0.2, 0) is 6.54 Å². The summed E-state index contributed by atoms with van der Waals surface area (Å²) in [6.45, 7) is 4.57. The molecule has 1 fully saturated rings. The van der Waals surface area contributed by atoms with E-state index in [1.165, 1.54) is 17.1 Å². The van der Waals surface area contributed by atoms with Crippen LogP contribution >= 0.6 is 11.8 Å². The van der Waals surface area contributed by atoms with Crippen LogP contribution in [0.5, 0.6) is 0 Å². The van der Waals surface area contributed by atoms with E-state index in [9.17, 15) is 0 Å². The van der Waals surface area contributed by atoms with Crippen molar-refractivity contribution in [1.29, 1.82) is 0 Å². The van der Waals surface area contributed by atoms with E-state index < -0.39 is 0 Å². The molecule has 0 bridgehead atoms. The predicted molar refractivity (Wildman–Crippen MR) is 82.2 cm³/mol. The van der Waals surface area contributed by atoms with Gasteiger partial charge < -0.3 is 5.11 Å². The third-order valence-corrected chi connectivity index (χ3v) is 4.55. The maximum absolute atomic E-state index is 8.80. The van der Waals surface area contributed by atoms with Gasteiger partial charge in [-0.3, -0.25) is 4.90 Å². The Hall–Kier alpha value is -0.950. The first-order valence-electron chi connectivity index (χ1n) is 6.80. The Bertz CT molecular complexity index is 463. The second-order valence-corrected chi connectivity index (χ2v) is 5.98. The second kappa shape index (κ2) is 7.59. The van der Waals surface area contributed by atoms with E-state index in [0.29, 0.717) is 12.5 Å². The van der Waals surface area contributed by atoms with E-state index in [0.717, 1.165) is 18.7 Å². The molecule has 0 saturated carbocycles. The van der Waals surface area contributed by atoms with Gasteiger partial charge in [-0.05, 0) is 18.6 Å². The zero-order valence-corrected chi connectivity index (χ0v) is 12.2. The molecule has 102 valence electrons. The highest BCUT2D eigenvalue weighted by Crippen LogP contribution is 2.19. The first-order chi connectivity index (χ1) is 9.31. The molecule has 0 radical (unpaired) electrons. The van der Waals surface area contributed by atoms with Crippen LogP contribution < -0.4 is 0 Å². The molecule has 1 aromatic rings. The number of thioether (sulfide) groups is 1. The fourth-order valence-electron chi connectivity index (χ4n) is 2.21. The van der Waals surface area contributed by atoms with Gasteiger partial charge in [-0.25, -0.2) is 0 Å². The second-order valence-electron chi connectivity index (χ2n) is 4.83. The lowest BCUT2D eigenvalue weighted by molar-refractivity contribution is 0.224. The van der Waals surface area contributed by atoms with Crippen LogP contribution in [-0.4, -0.2) is 40.7 Å². The fraction of sp³-hybridized carbons (Fsp3) is 0.500. The summed E-state index contributed by atoms with van der Waals surface area (Å²) < 4.78 is 0. The van der Waals surface area contributed by atoms with Gasteiger partial charge in [0.2, 0.25) is 0 Å². The standard InChI is InChI=1S/C16H21NOS/c1-14-13-19-11-9-17(14)12-16-8-3-2-6-15(16)7-4-5-10-18/h2-3,6,8,14,18H,5,9-13H2,1H3. The van der Waals surface area contributed by atoms with E-state index in [4.69, 9.17) is 5.11 Å². The molecule has 0 aliphatic carbocycles. The number of hydrogen-bond acceptors (Lipinski definition) is 3. The summed E-state index contributed by atoms with van der Waals surface area (Å²) in [5, 5.41) is 8.80. The summed E-state index contributed by atoms with van der Waals surface area (Å²) in [5.41, 5.74) is 2.40. The number of hydrogen-bond donors (Lipinski definition) is 1. The molecular formula is C16H21NOS. The van der Waals surface area contributed by atoms with Gasteiger partial charge in [-0.2, -0.15) is 11.8 Å². The van der Waals surface area contributed by atoms with Crippen molar-refractivity contribution >= 4 is 11.8 Å². The Morgan fingerprint density at radius 2 is 2.26 bits per heavy atom. The minimum Gasteiger partial charge on any atom is -0.395 e. The molecule has 0 amide bonds. The molecule has 19 heavy (non-hydrogen) atoms. The van der Waals surface area contributed by atoms with Crippen LogP contribution in [0.4, 0.5) is 0 Å². The SMILES string of the molecule is CC1CSCCN1Cc1ccccc1C#CCCO. The summed E-state index contributed by atoms with van der Waals surface area (Å²) in [4.78, 5) is 2.53. The van der Waals surface area contributed by atoms with Gasteiger partial charge in [0.15, 0.2) is 0 Å². The Morgan fingerprint density at radius 1 is 1.42 bits per heavy atom. The summed E-state index contributed by atoms with van der Waals surface area (Å²) >= 11 is 2.04. The molecular weight excluding hydrogens is 254 g/mol. The molecule has 1 unspecified atom stereocenters. The molecule has 1 aliphatic rings. The lowest BCUT2D eigenvalue weighted by Gasteiger charge is -2.33. The van der Waals surface area contributed by atoms with Crippen LogP contribution in [0.15, 0.2) is 24.3 Å². The maximum atomic E-state index is 8.80. The number of rotatable bonds is 3. The van der Waals surface area contributed by atoms with Gasteiger partial charge in [0.05, 0.1) is 6.61 Å². The van der Waals surface area contributed by atoms with Gasteiger partial charge in [0.1, 0.15) is 0 Å². The molecule has 1 atom stereocenters. The molecule has 3 heteroatoms. The smallest absolute Gasteiger partial charge is 0.0540 e. The van der Waals surface area contributed by atoms with Crippen molar-refractivity contribution in [2.24, 2.45) is 0 Å². The average Bonchev–Trinajstić information content (AvgIpc) is 2.43. The molecule has 1 saturated heterocycles. The molecule has 0 spiro atoms. The Morgan fingerprint density at radius 3 is 3.05 bits per heavy atom. The Kier molecular flexibility index (Phi) is 5.78. The van der Waals surface area contributed by atoms with Gasteiger partial charge in [0.25, 0.3) is 0 Å². The first-order valence-corrected chi connectivity index (χ1v) is 7.96. The van der Waals surface area contributed by atoms with Crippen LogP contribution in [0.2, 0.25) is 0 Å². The van der Waals surface area contributed by atoms with Crippen molar-refractivity contribution < 1.29 is 5.11 Å². The normalized spacial score (nSPS) is 19.8. The molecule has 1 aromatic carbocycles. The highest BCUT2D eigenvalue weighted by molar-refractivity contribution is 7.99. The largest absolute Gasteiger partial charge is 0.395 e. The Balaban J connectivity index is 2.09. The zero-order chi connectivity index (χ0) is 13.5. The fourth-order valence-corrected chi connectivity index (χ4v) is 3.29. The lowest BCUT2D eigenvalue weighted by atomic mass is 10.1. The quantitative estimate of drug-likeness (QED) is 0.857. The van der Waals surface area contributed by atoms with Crippen molar-refractivity contribution in [3.63, 3.8) is 0 Å². The van der Waals surface area contributed by atoms with Crippen molar-refractivity contribution in [2.75, 3.05) is 24.7 Å². The van der Waals surface area contributed by atoms with Crippen LogP contribution in [0.3, 0.4) is 0 Å². The van der Waals surface area contributed by atoms with Crippen LogP contribution in [0.1, 0.15) is 24.5 Å². The third kappa shape index (κ3) is 4.28. The third-order valence-electron chi connectivity index (χ3n) is 3.36. The van der Waals surface area contributed by atoms with E-state index in [2.05, 4.69) is 41.9 Å².